The molecule has 0 unspecified atom stereocenters. The molecule has 0 spiro atoms. The van der Waals surface area contributed by atoms with E-state index in [1.807, 2.05) is 0 Å². The van der Waals surface area contributed by atoms with Gasteiger partial charge in [-0.3, -0.25) is 14.3 Å². The van der Waals surface area contributed by atoms with Crippen molar-refractivity contribution in [3.05, 3.63) is 70.5 Å². The lowest BCUT2D eigenvalue weighted by atomic mass is 10.2. The summed E-state index contributed by atoms with van der Waals surface area (Å²) >= 11 is 3.28. The number of hydrogen-bond donors (Lipinski definition) is 2. The van der Waals surface area contributed by atoms with Crippen LogP contribution < -0.4 is 10.0 Å². The van der Waals surface area contributed by atoms with E-state index in [0.29, 0.717) is 33.4 Å². The first-order chi connectivity index (χ1) is 13.2. The Balaban J connectivity index is 1.83. The van der Waals surface area contributed by atoms with Crippen molar-refractivity contribution in [2.45, 2.75) is 0 Å². The molecule has 0 fully saturated rings. The number of benzene rings is 2. The summed E-state index contributed by atoms with van der Waals surface area (Å²) in [5.74, 6) is -0.432. The van der Waals surface area contributed by atoms with E-state index in [9.17, 15) is 18.0 Å². The Morgan fingerprint density at radius 3 is 2.61 bits per heavy atom. The van der Waals surface area contributed by atoms with Gasteiger partial charge in [-0.2, -0.15) is 5.10 Å². The lowest BCUT2D eigenvalue weighted by molar-refractivity contribution is 0.102. The molecule has 2 aromatic carbocycles. The molecule has 1 aromatic heterocycles. The summed E-state index contributed by atoms with van der Waals surface area (Å²) in [4.78, 5) is 23.7. The fourth-order valence-corrected chi connectivity index (χ4v) is 3.54. The number of rotatable bonds is 6. The highest BCUT2D eigenvalue weighted by atomic mass is 79.9. The van der Waals surface area contributed by atoms with Crippen LogP contribution in [0.3, 0.4) is 0 Å². The van der Waals surface area contributed by atoms with Crippen LogP contribution in [0.25, 0.3) is 5.69 Å². The third-order valence-corrected chi connectivity index (χ3v) is 4.68. The lowest BCUT2D eigenvalue weighted by Gasteiger charge is -2.09. The predicted octanol–water partition coefficient (Wildman–Crippen LogP) is 3.07. The van der Waals surface area contributed by atoms with E-state index >= 15 is 0 Å². The second-order valence-electron chi connectivity index (χ2n) is 5.91. The predicted molar refractivity (Wildman–Crippen MR) is 110 cm³/mol. The van der Waals surface area contributed by atoms with Gasteiger partial charge in [-0.1, -0.05) is 28.1 Å². The van der Waals surface area contributed by atoms with Crippen molar-refractivity contribution in [1.29, 1.82) is 0 Å². The van der Waals surface area contributed by atoms with Gasteiger partial charge in [0.2, 0.25) is 10.0 Å². The molecule has 144 valence electrons. The standard InChI is InChI=1S/C18H15BrN4O4S/c1-28(26,27)22-16-7-14(19)6-15(8-16)21-18(25)13-9-20-23(10-13)17-5-3-2-4-12(17)11-24/h2-11,22H,1H3,(H,21,25). The average molecular weight is 463 g/mol. The number of hydrogen-bond acceptors (Lipinski definition) is 5. The van der Waals surface area contributed by atoms with Gasteiger partial charge in [0.15, 0.2) is 6.29 Å². The van der Waals surface area contributed by atoms with Gasteiger partial charge in [0.1, 0.15) is 0 Å². The molecule has 3 aromatic rings. The quantitative estimate of drug-likeness (QED) is 0.546. The van der Waals surface area contributed by atoms with Crippen LogP contribution in [0, 0.1) is 0 Å². The summed E-state index contributed by atoms with van der Waals surface area (Å²) in [6, 6.07) is 11.6. The molecular formula is C18H15BrN4O4S. The second kappa shape index (κ2) is 7.95. The van der Waals surface area contributed by atoms with Crippen LogP contribution in [0.2, 0.25) is 0 Å². The number of carbonyl (C=O) groups excluding carboxylic acids is 2. The first-order valence-electron chi connectivity index (χ1n) is 7.94. The SMILES string of the molecule is CS(=O)(=O)Nc1cc(Br)cc(NC(=O)c2cnn(-c3ccccc3C=O)c2)c1. The van der Waals surface area contributed by atoms with E-state index < -0.39 is 15.9 Å². The molecule has 1 heterocycles. The molecular weight excluding hydrogens is 448 g/mol. The van der Waals surface area contributed by atoms with Crippen molar-refractivity contribution >= 4 is 49.5 Å². The second-order valence-corrected chi connectivity index (χ2v) is 8.57. The van der Waals surface area contributed by atoms with E-state index in [1.54, 1.807) is 36.4 Å². The Bertz CT molecular complexity index is 1160. The van der Waals surface area contributed by atoms with Gasteiger partial charge in [-0.05, 0) is 30.3 Å². The minimum absolute atomic E-state index is 0.276. The molecule has 3 rings (SSSR count). The van der Waals surface area contributed by atoms with E-state index in [1.165, 1.54) is 23.1 Å². The van der Waals surface area contributed by atoms with Crippen molar-refractivity contribution in [1.82, 2.24) is 9.78 Å². The molecule has 0 aliphatic heterocycles. The third-order valence-electron chi connectivity index (χ3n) is 3.61. The minimum Gasteiger partial charge on any atom is -0.322 e. The summed E-state index contributed by atoms with van der Waals surface area (Å²) in [5.41, 5.74) is 1.98. The number of halogens is 1. The zero-order chi connectivity index (χ0) is 20.3. The number of para-hydroxylation sites is 1. The maximum Gasteiger partial charge on any atom is 0.258 e. The van der Waals surface area contributed by atoms with Crippen molar-refractivity contribution in [3.63, 3.8) is 0 Å². The van der Waals surface area contributed by atoms with E-state index in [0.717, 1.165) is 6.26 Å². The van der Waals surface area contributed by atoms with Gasteiger partial charge < -0.3 is 5.32 Å². The maximum atomic E-state index is 12.5. The fourth-order valence-electron chi connectivity index (χ4n) is 2.51. The van der Waals surface area contributed by atoms with Crippen molar-refractivity contribution in [2.24, 2.45) is 0 Å². The van der Waals surface area contributed by atoms with Gasteiger partial charge in [0, 0.05) is 21.9 Å². The Morgan fingerprint density at radius 1 is 1.18 bits per heavy atom. The van der Waals surface area contributed by atoms with Gasteiger partial charge in [-0.15, -0.1) is 0 Å². The highest BCUT2D eigenvalue weighted by Crippen LogP contribution is 2.24. The highest BCUT2D eigenvalue weighted by molar-refractivity contribution is 9.10. The van der Waals surface area contributed by atoms with Crippen LogP contribution in [0.1, 0.15) is 20.7 Å². The average Bonchev–Trinajstić information content (AvgIpc) is 3.09. The van der Waals surface area contributed by atoms with Gasteiger partial charge in [0.25, 0.3) is 5.91 Å². The van der Waals surface area contributed by atoms with Crippen LogP contribution in [0.4, 0.5) is 11.4 Å². The first kappa shape index (κ1) is 19.8. The largest absolute Gasteiger partial charge is 0.322 e. The van der Waals surface area contributed by atoms with Crippen LogP contribution in [-0.4, -0.2) is 36.6 Å². The van der Waals surface area contributed by atoms with Crippen LogP contribution in [0.15, 0.2) is 59.3 Å². The smallest absolute Gasteiger partial charge is 0.258 e. The number of carbonyl (C=O) groups is 2. The third kappa shape index (κ3) is 4.84. The minimum atomic E-state index is -3.45. The molecule has 0 aliphatic carbocycles. The molecule has 0 saturated heterocycles. The van der Waals surface area contributed by atoms with Crippen LogP contribution >= 0.6 is 15.9 Å². The molecule has 0 aliphatic rings. The van der Waals surface area contributed by atoms with Crippen molar-refractivity contribution in [2.75, 3.05) is 16.3 Å². The monoisotopic (exact) mass is 462 g/mol. The fraction of sp³-hybridized carbons (Fsp3) is 0.0556. The molecule has 1 amide bonds. The number of aromatic nitrogens is 2. The topological polar surface area (TPSA) is 110 Å². The number of amides is 1. The number of anilines is 2. The van der Waals surface area contributed by atoms with Crippen molar-refractivity contribution in [3.8, 4) is 5.69 Å². The Hall–Kier alpha value is -2.98. The Kier molecular flexibility index (Phi) is 5.61. The van der Waals surface area contributed by atoms with Crippen LogP contribution in [-0.2, 0) is 10.0 Å². The van der Waals surface area contributed by atoms with Crippen LogP contribution in [0.5, 0.6) is 0 Å². The van der Waals surface area contributed by atoms with Gasteiger partial charge >= 0.3 is 0 Å². The molecule has 28 heavy (non-hydrogen) atoms. The van der Waals surface area contributed by atoms with E-state index in [4.69, 9.17) is 0 Å². The highest BCUT2D eigenvalue weighted by Gasteiger charge is 2.13. The van der Waals surface area contributed by atoms with E-state index in [2.05, 4.69) is 31.1 Å². The summed E-state index contributed by atoms with van der Waals surface area (Å²) in [6.45, 7) is 0. The molecule has 0 bridgehead atoms. The molecule has 2 N–H and O–H groups in total. The Labute approximate surface area is 169 Å². The van der Waals surface area contributed by atoms with Gasteiger partial charge in [-0.25, -0.2) is 13.1 Å². The Morgan fingerprint density at radius 2 is 1.89 bits per heavy atom. The summed E-state index contributed by atoms with van der Waals surface area (Å²) in [7, 11) is -3.45. The lowest BCUT2D eigenvalue weighted by Crippen LogP contribution is -2.13. The first-order valence-corrected chi connectivity index (χ1v) is 10.6. The summed E-state index contributed by atoms with van der Waals surface area (Å²) in [6.07, 6.45) is 4.64. The maximum absolute atomic E-state index is 12.5. The normalized spacial score (nSPS) is 11.1. The summed E-state index contributed by atoms with van der Waals surface area (Å²) in [5, 5.41) is 6.83. The number of nitrogens with zero attached hydrogens (tertiary/aromatic N) is 2. The van der Waals surface area contributed by atoms with E-state index in [-0.39, 0.29) is 5.56 Å². The number of sulfonamides is 1. The van der Waals surface area contributed by atoms with Gasteiger partial charge in [0.05, 0.1) is 29.4 Å². The zero-order valence-corrected chi connectivity index (χ0v) is 17.0. The molecule has 8 nitrogen and oxygen atoms in total. The molecule has 0 saturated carbocycles. The number of aldehydes is 1. The van der Waals surface area contributed by atoms with Crippen molar-refractivity contribution < 1.29 is 18.0 Å². The molecule has 10 heteroatoms. The number of nitrogens with one attached hydrogen (secondary N) is 2. The molecule has 0 atom stereocenters. The zero-order valence-electron chi connectivity index (χ0n) is 14.6. The molecule has 0 radical (unpaired) electrons. The summed E-state index contributed by atoms with van der Waals surface area (Å²) < 4.78 is 27.2.